The molecule has 0 aliphatic rings. The number of hydrogen-bond acceptors (Lipinski definition) is 5. The summed E-state index contributed by atoms with van der Waals surface area (Å²) in [5, 5.41) is 3.26. The van der Waals surface area contributed by atoms with Crippen LogP contribution in [0.2, 0.25) is 0 Å². The molecule has 0 spiro atoms. The summed E-state index contributed by atoms with van der Waals surface area (Å²) in [6, 6.07) is 6.03. The Bertz CT molecular complexity index is 538. The average Bonchev–Trinajstić information content (AvgIpc) is 2.45. The molecule has 0 atom stereocenters. The standard InChI is InChI=1S/C15H21N5/c1-4-16-8-13-9-17-15(18-10-13)20(3)11-14-7-5-6-12(2)19-14/h5-7,9-10,16H,4,8,11H2,1-3H3. The summed E-state index contributed by atoms with van der Waals surface area (Å²) in [5.74, 6) is 0.716. The number of anilines is 1. The van der Waals surface area contributed by atoms with Gasteiger partial charge in [0.25, 0.3) is 0 Å². The van der Waals surface area contributed by atoms with E-state index in [1.807, 2.05) is 49.5 Å². The summed E-state index contributed by atoms with van der Waals surface area (Å²) >= 11 is 0. The third-order valence-corrected chi connectivity index (χ3v) is 2.96. The Morgan fingerprint density at radius 1 is 1.20 bits per heavy atom. The van der Waals surface area contributed by atoms with E-state index in [2.05, 4.69) is 27.2 Å². The lowest BCUT2D eigenvalue weighted by Crippen LogP contribution is -2.20. The highest BCUT2D eigenvalue weighted by Crippen LogP contribution is 2.09. The molecule has 0 unspecified atom stereocenters. The van der Waals surface area contributed by atoms with Gasteiger partial charge < -0.3 is 10.2 Å². The third-order valence-electron chi connectivity index (χ3n) is 2.96. The van der Waals surface area contributed by atoms with Crippen molar-refractivity contribution in [2.75, 3.05) is 18.5 Å². The normalized spacial score (nSPS) is 10.6. The molecule has 2 rings (SSSR count). The van der Waals surface area contributed by atoms with Crippen molar-refractivity contribution in [2.24, 2.45) is 0 Å². The van der Waals surface area contributed by atoms with E-state index in [1.54, 1.807) is 0 Å². The Kier molecular flexibility index (Phi) is 5.01. The Hall–Kier alpha value is -2.01. The highest BCUT2D eigenvalue weighted by molar-refractivity contribution is 5.29. The first-order valence-electron chi connectivity index (χ1n) is 6.84. The molecule has 0 amide bonds. The van der Waals surface area contributed by atoms with Crippen molar-refractivity contribution < 1.29 is 0 Å². The summed E-state index contributed by atoms with van der Waals surface area (Å²) in [5.41, 5.74) is 3.14. The van der Waals surface area contributed by atoms with Gasteiger partial charge in [0.2, 0.25) is 5.95 Å². The van der Waals surface area contributed by atoms with Crippen LogP contribution >= 0.6 is 0 Å². The zero-order valence-corrected chi connectivity index (χ0v) is 12.3. The van der Waals surface area contributed by atoms with E-state index in [-0.39, 0.29) is 0 Å². The van der Waals surface area contributed by atoms with Crippen LogP contribution in [0.5, 0.6) is 0 Å². The van der Waals surface area contributed by atoms with Crippen molar-refractivity contribution in [2.45, 2.75) is 26.9 Å². The van der Waals surface area contributed by atoms with E-state index in [0.717, 1.165) is 30.0 Å². The highest BCUT2D eigenvalue weighted by atomic mass is 15.2. The maximum absolute atomic E-state index is 4.49. The van der Waals surface area contributed by atoms with Crippen LogP contribution in [0.3, 0.4) is 0 Å². The molecular weight excluding hydrogens is 250 g/mol. The van der Waals surface area contributed by atoms with Crippen LogP contribution in [0.15, 0.2) is 30.6 Å². The van der Waals surface area contributed by atoms with Gasteiger partial charge in [-0.3, -0.25) is 4.98 Å². The number of rotatable bonds is 6. The van der Waals surface area contributed by atoms with Gasteiger partial charge >= 0.3 is 0 Å². The minimum atomic E-state index is 0.703. The Labute approximate surface area is 120 Å². The van der Waals surface area contributed by atoms with Crippen LogP contribution in [0, 0.1) is 6.92 Å². The van der Waals surface area contributed by atoms with Crippen molar-refractivity contribution in [3.05, 3.63) is 47.5 Å². The number of nitrogens with zero attached hydrogens (tertiary/aromatic N) is 4. The van der Waals surface area contributed by atoms with Crippen molar-refractivity contribution in [3.63, 3.8) is 0 Å². The van der Waals surface area contributed by atoms with Crippen LogP contribution in [-0.2, 0) is 13.1 Å². The van der Waals surface area contributed by atoms with Crippen molar-refractivity contribution >= 4 is 5.95 Å². The molecule has 0 aromatic carbocycles. The van der Waals surface area contributed by atoms with Gasteiger partial charge in [0.05, 0.1) is 12.2 Å². The molecule has 0 radical (unpaired) electrons. The second-order valence-corrected chi connectivity index (χ2v) is 4.80. The first kappa shape index (κ1) is 14.4. The summed E-state index contributed by atoms with van der Waals surface area (Å²) in [7, 11) is 1.98. The summed E-state index contributed by atoms with van der Waals surface area (Å²) in [6.45, 7) is 6.53. The second-order valence-electron chi connectivity index (χ2n) is 4.80. The van der Waals surface area contributed by atoms with Gasteiger partial charge in [-0.15, -0.1) is 0 Å². The topological polar surface area (TPSA) is 53.9 Å². The maximum atomic E-state index is 4.49. The first-order valence-corrected chi connectivity index (χ1v) is 6.84. The fourth-order valence-electron chi connectivity index (χ4n) is 1.91. The molecule has 0 aliphatic carbocycles. The summed E-state index contributed by atoms with van der Waals surface area (Å²) in [6.07, 6.45) is 3.73. The van der Waals surface area contributed by atoms with Crippen molar-refractivity contribution in [1.29, 1.82) is 0 Å². The highest BCUT2D eigenvalue weighted by Gasteiger charge is 2.06. The molecule has 2 aromatic rings. The molecule has 5 nitrogen and oxygen atoms in total. The summed E-state index contributed by atoms with van der Waals surface area (Å²) in [4.78, 5) is 15.3. The monoisotopic (exact) mass is 271 g/mol. The molecule has 2 aromatic heterocycles. The van der Waals surface area contributed by atoms with E-state index >= 15 is 0 Å². The van der Waals surface area contributed by atoms with Gasteiger partial charge in [-0.05, 0) is 25.6 Å². The quantitative estimate of drug-likeness (QED) is 0.870. The largest absolute Gasteiger partial charge is 0.338 e. The fraction of sp³-hybridized carbons (Fsp3) is 0.400. The number of hydrogen-bond donors (Lipinski definition) is 1. The zero-order valence-electron chi connectivity index (χ0n) is 12.3. The molecule has 0 fully saturated rings. The van der Waals surface area contributed by atoms with E-state index in [9.17, 15) is 0 Å². The Morgan fingerprint density at radius 3 is 2.60 bits per heavy atom. The lowest BCUT2D eigenvalue weighted by molar-refractivity contribution is 0.719. The molecule has 0 aliphatic heterocycles. The van der Waals surface area contributed by atoms with Gasteiger partial charge in [0.15, 0.2) is 0 Å². The van der Waals surface area contributed by atoms with Crippen LogP contribution in [0.4, 0.5) is 5.95 Å². The molecule has 1 N–H and O–H groups in total. The first-order chi connectivity index (χ1) is 9.69. The van der Waals surface area contributed by atoms with E-state index in [1.165, 1.54) is 0 Å². The third kappa shape index (κ3) is 3.99. The lowest BCUT2D eigenvalue weighted by Gasteiger charge is -2.16. The predicted octanol–water partition coefficient (Wildman–Crippen LogP) is 1.93. The number of nitrogens with one attached hydrogen (secondary N) is 1. The van der Waals surface area contributed by atoms with Crippen LogP contribution in [0.25, 0.3) is 0 Å². The average molecular weight is 271 g/mol. The number of aromatic nitrogens is 3. The maximum Gasteiger partial charge on any atom is 0.225 e. The predicted molar refractivity (Wildman–Crippen MR) is 80.5 cm³/mol. The van der Waals surface area contributed by atoms with Crippen LogP contribution in [-0.4, -0.2) is 28.5 Å². The molecule has 0 bridgehead atoms. The fourth-order valence-corrected chi connectivity index (χ4v) is 1.91. The van der Waals surface area contributed by atoms with Crippen molar-refractivity contribution in [3.8, 4) is 0 Å². The number of pyridine rings is 1. The lowest BCUT2D eigenvalue weighted by atomic mass is 10.3. The molecule has 5 heteroatoms. The van der Waals surface area contributed by atoms with Gasteiger partial charge in [0, 0.05) is 37.2 Å². The van der Waals surface area contributed by atoms with Gasteiger partial charge in [0.1, 0.15) is 0 Å². The van der Waals surface area contributed by atoms with E-state index < -0.39 is 0 Å². The van der Waals surface area contributed by atoms with Gasteiger partial charge in [-0.2, -0.15) is 0 Å². The van der Waals surface area contributed by atoms with Crippen LogP contribution in [0.1, 0.15) is 23.9 Å². The minimum Gasteiger partial charge on any atom is -0.338 e. The molecule has 2 heterocycles. The molecule has 0 saturated heterocycles. The molecule has 106 valence electrons. The molecular formula is C15H21N5. The minimum absolute atomic E-state index is 0.703. The van der Waals surface area contributed by atoms with E-state index in [0.29, 0.717) is 12.5 Å². The summed E-state index contributed by atoms with van der Waals surface area (Å²) < 4.78 is 0. The van der Waals surface area contributed by atoms with Gasteiger partial charge in [-0.1, -0.05) is 13.0 Å². The molecule has 0 saturated carbocycles. The molecule has 20 heavy (non-hydrogen) atoms. The SMILES string of the molecule is CCNCc1cnc(N(C)Cc2cccc(C)n2)nc1. The van der Waals surface area contributed by atoms with E-state index in [4.69, 9.17) is 0 Å². The second kappa shape index (κ2) is 6.96. The van der Waals surface area contributed by atoms with Gasteiger partial charge in [-0.25, -0.2) is 9.97 Å². The number of aryl methyl sites for hydroxylation is 1. The Balaban J connectivity index is 2.00. The Morgan fingerprint density at radius 2 is 1.95 bits per heavy atom. The van der Waals surface area contributed by atoms with Crippen LogP contribution < -0.4 is 10.2 Å². The zero-order chi connectivity index (χ0) is 14.4. The van der Waals surface area contributed by atoms with Crippen molar-refractivity contribution in [1.82, 2.24) is 20.3 Å². The smallest absolute Gasteiger partial charge is 0.225 e.